The van der Waals surface area contributed by atoms with Crippen LogP contribution in [0.1, 0.15) is 42.4 Å². The molecule has 1 aliphatic rings. The van der Waals surface area contributed by atoms with Crippen LogP contribution in [0, 0.1) is 5.82 Å². The minimum Gasteiger partial charge on any atom is -0.352 e. The van der Waals surface area contributed by atoms with Gasteiger partial charge >= 0.3 is 0 Å². The molecule has 1 N–H and O–H groups in total. The van der Waals surface area contributed by atoms with Gasteiger partial charge < -0.3 is 10.2 Å². The molecule has 1 atom stereocenters. The normalized spacial score (nSPS) is 14.3. The molecule has 1 saturated carbocycles. The van der Waals surface area contributed by atoms with E-state index in [1.54, 1.807) is 17.0 Å². The number of rotatable bonds is 11. The summed E-state index contributed by atoms with van der Waals surface area (Å²) in [6, 6.07) is 22.9. The van der Waals surface area contributed by atoms with E-state index in [0.29, 0.717) is 17.2 Å². The Kier molecular flexibility index (Phi) is 10.0. The maximum atomic E-state index is 13.7. The zero-order valence-corrected chi connectivity index (χ0v) is 22.3. The Hall–Kier alpha value is -2.83. The van der Waals surface area contributed by atoms with Crippen molar-refractivity contribution in [1.29, 1.82) is 0 Å². The third-order valence-corrected chi connectivity index (χ3v) is 8.01. The molecule has 37 heavy (non-hydrogen) atoms. The summed E-state index contributed by atoms with van der Waals surface area (Å²) >= 11 is 7.76. The van der Waals surface area contributed by atoms with Crippen molar-refractivity contribution in [2.45, 2.75) is 56.5 Å². The Bertz CT molecular complexity index is 1170. The predicted molar refractivity (Wildman–Crippen MR) is 149 cm³/mol. The van der Waals surface area contributed by atoms with E-state index in [1.165, 1.54) is 23.9 Å². The van der Waals surface area contributed by atoms with Crippen LogP contribution >= 0.6 is 23.4 Å². The van der Waals surface area contributed by atoms with Gasteiger partial charge in [0.15, 0.2) is 0 Å². The number of benzene rings is 3. The highest BCUT2D eigenvalue weighted by Gasteiger charge is 2.32. The van der Waals surface area contributed by atoms with Gasteiger partial charge in [0.25, 0.3) is 0 Å². The molecule has 0 aliphatic heterocycles. The van der Waals surface area contributed by atoms with E-state index in [4.69, 9.17) is 11.6 Å². The van der Waals surface area contributed by atoms with E-state index < -0.39 is 6.04 Å². The molecule has 4 nitrogen and oxygen atoms in total. The monoisotopic (exact) mass is 538 g/mol. The molecule has 0 radical (unpaired) electrons. The number of amides is 2. The lowest BCUT2D eigenvalue weighted by atomic mass is 10.0. The molecule has 3 aromatic rings. The summed E-state index contributed by atoms with van der Waals surface area (Å²) < 4.78 is 13.6. The van der Waals surface area contributed by atoms with Gasteiger partial charge in [-0.05, 0) is 47.7 Å². The van der Waals surface area contributed by atoms with E-state index in [0.717, 1.165) is 42.4 Å². The van der Waals surface area contributed by atoms with Crippen LogP contribution in [0.3, 0.4) is 0 Å². The van der Waals surface area contributed by atoms with E-state index >= 15 is 0 Å². The molecule has 1 aliphatic carbocycles. The molecule has 3 aromatic carbocycles. The Morgan fingerprint density at radius 3 is 2.32 bits per heavy atom. The van der Waals surface area contributed by atoms with Crippen LogP contribution in [0.2, 0.25) is 5.02 Å². The van der Waals surface area contributed by atoms with Crippen LogP contribution in [0.4, 0.5) is 4.39 Å². The molecule has 0 heterocycles. The van der Waals surface area contributed by atoms with Crippen molar-refractivity contribution in [1.82, 2.24) is 10.2 Å². The van der Waals surface area contributed by atoms with Crippen LogP contribution in [-0.4, -0.2) is 34.6 Å². The van der Waals surface area contributed by atoms with Crippen LogP contribution < -0.4 is 5.32 Å². The van der Waals surface area contributed by atoms with Crippen molar-refractivity contribution >= 4 is 35.2 Å². The van der Waals surface area contributed by atoms with Gasteiger partial charge in [-0.2, -0.15) is 0 Å². The van der Waals surface area contributed by atoms with Gasteiger partial charge in [0, 0.05) is 29.8 Å². The van der Waals surface area contributed by atoms with E-state index in [9.17, 15) is 14.0 Å². The van der Waals surface area contributed by atoms with Crippen LogP contribution in [0.25, 0.3) is 0 Å². The Morgan fingerprint density at radius 2 is 1.62 bits per heavy atom. The minimum atomic E-state index is -0.679. The number of halogens is 2. The lowest BCUT2D eigenvalue weighted by molar-refractivity contribution is -0.139. The summed E-state index contributed by atoms with van der Waals surface area (Å²) in [5.41, 5.74) is 2.72. The molecular weight excluding hydrogens is 507 g/mol. The molecule has 0 unspecified atom stereocenters. The van der Waals surface area contributed by atoms with Gasteiger partial charge in [-0.15, -0.1) is 11.8 Å². The quantitative estimate of drug-likeness (QED) is 0.307. The number of hydrogen-bond acceptors (Lipinski definition) is 3. The maximum Gasteiger partial charge on any atom is 0.243 e. The van der Waals surface area contributed by atoms with Crippen molar-refractivity contribution in [2.75, 3.05) is 5.75 Å². The number of carbonyl (C=O) groups excluding carboxylic acids is 2. The van der Waals surface area contributed by atoms with Crippen LogP contribution in [0.15, 0.2) is 78.9 Å². The third kappa shape index (κ3) is 8.08. The highest BCUT2D eigenvalue weighted by Crippen LogP contribution is 2.23. The lowest BCUT2D eigenvalue weighted by Crippen LogP contribution is -2.52. The summed E-state index contributed by atoms with van der Waals surface area (Å²) in [6.45, 7) is 0.224. The molecule has 0 bridgehead atoms. The smallest absolute Gasteiger partial charge is 0.243 e. The fourth-order valence-corrected chi connectivity index (χ4v) is 5.85. The number of thioether (sulfide) groups is 1. The largest absolute Gasteiger partial charge is 0.352 e. The first kappa shape index (κ1) is 27.2. The standard InChI is InChI=1S/C30H32ClFN2O2S/c31-27-13-7-4-10-24(27)20-37-21-29(35)34(19-23-14-16-25(32)17-15-23)28(18-22-8-2-1-3-9-22)30(36)33-26-11-5-6-12-26/h1-4,7-10,13-17,26,28H,5-6,11-12,18-21H2,(H,33,36)/t28-/m0/s1. The van der Waals surface area contributed by atoms with Gasteiger partial charge in [-0.25, -0.2) is 4.39 Å². The van der Waals surface area contributed by atoms with Crippen molar-refractivity contribution < 1.29 is 14.0 Å². The predicted octanol–water partition coefficient (Wildman–Crippen LogP) is 6.41. The summed E-state index contributed by atoms with van der Waals surface area (Å²) in [5.74, 6) is 0.185. The van der Waals surface area contributed by atoms with E-state index in [-0.39, 0.29) is 36.0 Å². The molecule has 194 valence electrons. The second-order valence-electron chi connectivity index (χ2n) is 9.43. The topological polar surface area (TPSA) is 49.4 Å². The Balaban J connectivity index is 1.56. The molecule has 2 amide bonds. The highest BCUT2D eigenvalue weighted by atomic mass is 35.5. The molecule has 0 spiro atoms. The summed E-state index contributed by atoms with van der Waals surface area (Å²) in [4.78, 5) is 29.0. The average Bonchev–Trinajstić information content (AvgIpc) is 3.42. The van der Waals surface area contributed by atoms with Crippen molar-refractivity contribution in [3.8, 4) is 0 Å². The van der Waals surface area contributed by atoms with E-state index in [1.807, 2.05) is 54.6 Å². The van der Waals surface area contributed by atoms with Crippen LogP contribution in [-0.2, 0) is 28.3 Å². The number of nitrogens with one attached hydrogen (secondary N) is 1. The Labute approximate surface area is 227 Å². The molecular formula is C30H32ClFN2O2S. The van der Waals surface area contributed by atoms with Crippen molar-refractivity contribution in [3.05, 3.63) is 106 Å². The molecule has 1 fully saturated rings. The first-order valence-electron chi connectivity index (χ1n) is 12.7. The second-order valence-corrected chi connectivity index (χ2v) is 10.8. The third-order valence-electron chi connectivity index (χ3n) is 6.68. The van der Waals surface area contributed by atoms with Crippen molar-refractivity contribution in [3.63, 3.8) is 0 Å². The number of hydrogen-bond donors (Lipinski definition) is 1. The van der Waals surface area contributed by atoms with Gasteiger partial charge in [-0.1, -0.05) is 85.1 Å². The van der Waals surface area contributed by atoms with Gasteiger partial charge in [0.2, 0.25) is 11.8 Å². The number of nitrogens with zero attached hydrogens (tertiary/aromatic N) is 1. The van der Waals surface area contributed by atoms with Gasteiger partial charge in [0.1, 0.15) is 11.9 Å². The fourth-order valence-electron chi connectivity index (χ4n) is 4.65. The molecule has 7 heteroatoms. The average molecular weight is 539 g/mol. The Morgan fingerprint density at radius 1 is 0.946 bits per heavy atom. The second kappa shape index (κ2) is 13.6. The lowest BCUT2D eigenvalue weighted by Gasteiger charge is -2.32. The van der Waals surface area contributed by atoms with E-state index in [2.05, 4.69) is 5.32 Å². The summed E-state index contributed by atoms with van der Waals surface area (Å²) in [5, 5.41) is 3.87. The first-order valence-corrected chi connectivity index (χ1v) is 14.2. The fraction of sp³-hybridized carbons (Fsp3) is 0.333. The zero-order chi connectivity index (χ0) is 26.0. The highest BCUT2D eigenvalue weighted by molar-refractivity contribution is 7.99. The summed E-state index contributed by atoms with van der Waals surface area (Å²) in [7, 11) is 0. The van der Waals surface area contributed by atoms with Gasteiger partial charge in [-0.3, -0.25) is 9.59 Å². The molecule has 4 rings (SSSR count). The van der Waals surface area contributed by atoms with Crippen molar-refractivity contribution in [2.24, 2.45) is 0 Å². The number of carbonyl (C=O) groups is 2. The SMILES string of the molecule is O=C(NC1CCCC1)[C@H](Cc1ccccc1)N(Cc1ccc(F)cc1)C(=O)CSCc1ccccc1Cl. The minimum absolute atomic E-state index is 0.135. The first-order chi connectivity index (χ1) is 18.0. The zero-order valence-electron chi connectivity index (χ0n) is 20.7. The van der Waals surface area contributed by atoms with Crippen LogP contribution in [0.5, 0.6) is 0 Å². The molecule has 0 saturated heterocycles. The molecule has 0 aromatic heterocycles. The summed E-state index contributed by atoms with van der Waals surface area (Å²) in [6.07, 6.45) is 4.53. The van der Waals surface area contributed by atoms with Gasteiger partial charge in [0.05, 0.1) is 5.75 Å². The maximum absolute atomic E-state index is 13.7.